The van der Waals surface area contributed by atoms with Crippen molar-refractivity contribution in [1.82, 2.24) is 59.8 Å². The number of halogens is 2. The number of aromatic nitrogens is 11. The molecule has 0 spiro atoms. The molecule has 0 radical (unpaired) electrons. The number of anilines is 2. The summed E-state index contributed by atoms with van der Waals surface area (Å²) in [6.07, 6.45) is -8.63. The van der Waals surface area contributed by atoms with E-state index in [-0.39, 0.29) is 41.4 Å². The van der Waals surface area contributed by atoms with Gasteiger partial charge in [0.2, 0.25) is 0 Å². The van der Waals surface area contributed by atoms with Crippen LogP contribution in [0.3, 0.4) is 0 Å². The number of nitrogens with zero attached hydrogens (tertiary/aromatic N) is 12. The van der Waals surface area contributed by atoms with E-state index in [0.29, 0.717) is 17.5 Å². The van der Waals surface area contributed by atoms with Gasteiger partial charge in [0.25, 0.3) is 11.8 Å². The number of aliphatic hydroxyl groups excluding tert-OH is 1. The topological polar surface area (TPSA) is 319 Å². The monoisotopic (exact) mass is 1030 g/mol. The van der Waals surface area contributed by atoms with Crippen LogP contribution in [0.2, 0.25) is 0 Å². The molecule has 0 saturated carbocycles. The highest BCUT2D eigenvalue weighted by atomic mass is 19.1. The zero-order chi connectivity index (χ0) is 52.4. The summed E-state index contributed by atoms with van der Waals surface area (Å²) in [7, 11) is 0. The third-order valence-corrected chi connectivity index (χ3v) is 11.0. The molecule has 7 heterocycles. The smallest absolute Gasteiger partial charge is 0.450 e. The Morgan fingerprint density at radius 1 is 0.635 bits per heavy atom. The average molecular weight is 1030 g/mol. The van der Waals surface area contributed by atoms with Gasteiger partial charge in [-0.15, -0.1) is 10.2 Å². The van der Waals surface area contributed by atoms with Crippen LogP contribution >= 0.6 is 0 Å². The third-order valence-electron chi connectivity index (χ3n) is 11.0. The van der Waals surface area contributed by atoms with Crippen molar-refractivity contribution in [1.29, 1.82) is 0 Å². The molecule has 9 rings (SSSR count). The van der Waals surface area contributed by atoms with Gasteiger partial charge >= 0.3 is 12.3 Å². The lowest BCUT2D eigenvalue weighted by atomic mass is 10.1. The predicted molar refractivity (Wildman–Crippen MR) is 260 cm³/mol. The quantitative estimate of drug-likeness (QED) is 0.0825. The van der Waals surface area contributed by atoms with Crippen LogP contribution in [0.4, 0.5) is 30.0 Å². The summed E-state index contributed by atoms with van der Waals surface area (Å²) in [6.45, 7) is 11.2. The SMILES string of the molecule is C.CCN(CC)CC.CC[C@H]1O[C@@H](n2nnc3c(NC(=O)c4ccccc4)ncnc32)[C@@H](F)[C@@H]1OC(=O)O.O=C(O)O[C@H]1[C@H](F)[C@H](n2nnc3c(NC(=O)c4ccccc4)ncnc32)O[C@@H]1CO.c1ccncc1. The molecule has 5 aromatic heterocycles. The van der Waals surface area contributed by atoms with E-state index < -0.39 is 79.9 Å². The van der Waals surface area contributed by atoms with Crippen LogP contribution < -0.4 is 10.6 Å². The first-order valence-corrected chi connectivity index (χ1v) is 22.7. The van der Waals surface area contributed by atoms with E-state index in [4.69, 9.17) is 19.7 Å². The number of alkyl halides is 2. The van der Waals surface area contributed by atoms with Gasteiger partial charge in [0.05, 0.1) is 6.61 Å². The largest absolute Gasteiger partial charge is 0.506 e. The molecule has 8 atom stereocenters. The second-order valence-electron chi connectivity index (χ2n) is 15.4. The molecule has 0 bridgehead atoms. The molecule has 2 aromatic carbocycles. The fraction of sp³-hybridized carbons (Fsp3) is 0.383. The Kier molecular flexibility index (Phi) is 21.1. The number of nitrogens with one attached hydrogen (secondary N) is 2. The highest BCUT2D eigenvalue weighted by Crippen LogP contribution is 2.37. The summed E-state index contributed by atoms with van der Waals surface area (Å²) >= 11 is 0. The minimum absolute atomic E-state index is 0. The lowest BCUT2D eigenvalue weighted by molar-refractivity contribution is -0.0561. The second-order valence-corrected chi connectivity index (χ2v) is 15.4. The predicted octanol–water partition coefficient (Wildman–Crippen LogP) is 6.01. The van der Waals surface area contributed by atoms with Crippen molar-refractivity contribution >= 4 is 58.1 Å². The van der Waals surface area contributed by atoms with E-state index in [0.717, 1.165) is 15.7 Å². The van der Waals surface area contributed by atoms with Crippen molar-refractivity contribution in [3.63, 3.8) is 0 Å². The molecular formula is C47H56F2N14O11. The van der Waals surface area contributed by atoms with Crippen LogP contribution in [0.25, 0.3) is 22.3 Å². The third kappa shape index (κ3) is 14.0. The first-order chi connectivity index (χ1) is 35.3. The van der Waals surface area contributed by atoms with Crippen molar-refractivity contribution in [3.8, 4) is 0 Å². The minimum Gasteiger partial charge on any atom is -0.450 e. The zero-order valence-corrected chi connectivity index (χ0v) is 39.7. The Morgan fingerprint density at radius 3 is 1.38 bits per heavy atom. The van der Waals surface area contributed by atoms with E-state index in [1.54, 1.807) is 80.0 Å². The molecule has 2 fully saturated rings. The van der Waals surface area contributed by atoms with Crippen LogP contribution in [0.1, 0.15) is 74.7 Å². The summed E-state index contributed by atoms with van der Waals surface area (Å²) in [4.78, 5) is 68.7. The van der Waals surface area contributed by atoms with Crippen molar-refractivity contribution in [2.75, 3.05) is 36.9 Å². The van der Waals surface area contributed by atoms with Gasteiger partial charge < -0.3 is 49.8 Å². The van der Waals surface area contributed by atoms with Gasteiger partial charge in [0.1, 0.15) is 24.9 Å². The molecule has 2 amide bonds. The molecule has 5 N–H and O–H groups in total. The lowest BCUT2D eigenvalue weighted by Crippen LogP contribution is -2.35. The van der Waals surface area contributed by atoms with E-state index in [1.165, 1.54) is 26.0 Å². The molecular weight excluding hydrogens is 975 g/mol. The number of ether oxygens (including phenoxy) is 4. The van der Waals surface area contributed by atoms with Crippen LogP contribution in [0.15, 0.2) is 104 Å². The average Bonchev–Trinajstić information content (AvgIpc) is 4.19. The summed E-state index contributed by atoms with van der Waals surface area (Å²) < 4.78 is 52.0. The number of hydrogen-bond acceptors (Lipinski definition) is 19. The lowest BCUT2D eigenvalue weighted by Gasteiger charge is -2.15. The molecule has 2 saturated heterocycles. The van der Waals surface area contributed by atoms with Gasteiger partial charge in [-0.25, -0.2) is 38.3 Å². The number of rotatable bonds is 13. The van der Waals surface area contributed by atoms with Gasteiger partial charge in [0, 0.05) is 23.5 Å². The van der Waals surface area contributed by atoms with Crippen molar-refractivity contribution in [2.24, 2.45) is 0 Å². The summed E-state index contributed by atoms with van der Waals surface area (Å²) in [5.74, 6) is -0.711. The van der Waals surface area contributed by atoms with Gasteiger partial charge in [-0.3, -0.25) is 14.6 Å². The maximum atomic E-state index is 15.0. The van der Waals surface area contributed by atoms with Gasteiger partial charge in [-0.1, -0.05) is 88.0 Å². The van der Waals surface area contributed by atoms with E-state index in [1.807, 2.05) is 18.2 Å². The zero-order valence-electron chi connectivity index (χ0n) is 39.7. The second kappa shape index (κ2) is 27.5. The van der Waals surface area contributed by atoms with Crippen molar-refractivity contribution in [3.05, 3.63) is 115 Å². The molecule has 394 valence electrons. The van der Waals surface area contributed by atoms with Gasteiger partial charge in [-0.05, 0) is 62.5 Å². The number of pyridine rings is 1. The minimum atomic E-state index is -1.99. The fourth-order valence-electron chi connectivity index (χ4n) is 7.35. The Bertz CT molecular complexity index is 2670. The van der Waals surface area contributed by atoms with Gasteiger partial charge in [-0.2, -0.15) is 9.36 Å². The van der Waals surface area contributed by atoms with Crippen LogP contribution in [-0.2, 0) is 18.9 Å². The summed E-state index contributed by atoms with van der Waals surface area (Å²) in [6, 6.07) is 22.6. The molecule has 25 nitrogen and oxygen atoms in total. The highest BCUT2D eigenvalue weighted by molar-refractivity contribution is 6.07. The highest BCUT2D eigenvalue weighted by Gasteiger charge is 2.50. The summed E-state index contributed by atoms with van der Waals surface area (Å²) in [5.41, 5.74) is 1.16. The van der Waals surface area contributed by atoms with Crippen molar-refractivity contribution < 1.29 is 62.2 Å². The van der Waals surface area contributed by atoms with Crippen LogP contribution in [-0.4, -0.2) is 162 Å². The molecule has 27 heteroatoms. The number of benzene rings is 2. The number of carboxylic acid groups (broad SMARTS) is 2. The molecule has 0 unspecified atom stereocenters. The first-order valence-electron chi connectivity index (χ1n) is 22.7. The number of carbonyl (C=O) groups is 4. The molecule has 2 aliphatic rings. The van der Waals surface area contributed by atoms with Crippen LogP contribution in [0, 0.1) is 0 Å². The Hall–Kier alpha value is -8.27. The number of amides is 2. The Labute approximate surface area is 421 Å². The first kappa shape index (κ1) is 56.6. The Morgan fingerprint density at radius 2 is 1.04 bits per heavy atom. The maximum absolute atomic E-state index is 15.0. The van der Waals surface area contributed by atoms with Crippen LogP contribution in [0.5, 0.6) is 0 Å². The fourth-order valence-corrected chi connectivity index (χ4v) is 7.35. The Balaban J connectivity index is 0.000000218. The van der Waals surface area contributed by atoms with E-state index >= 15 is 0 Å². The number of aliphatic hydroxyl groups is 1. The number of carbonyl (C=O) groups excluding carboxylic acids is 2. The van der Waals surface area contributed by atoms with Crippen molar-refractivity contribution in [2.45, 2.75) is 90.8 Å². The van der Waals surface area contributed by atoms with E-state index in [9.17, 15) is 33.1 Å². The summed E-state index contributed by atoms with van der Waals surface area (Å²) in [5, 5.41) is 47.8. The van der Waals surface area contributed by atoms with E-state index in [2.05, 4.69) is 91.3 Å². The number of fused-ring (bicyclic) bond motifs is 2. The molecule has 7 aromatic rings. The van der Waals surface area contributed by atoms with Gasteiger partial charge in [0.15, 0.2) is 71.0 Å². The molecule has 2 aliphatic heterocycles. The normalized spacial score (nSPS) is 20.6. The molecule has 74 heavy (non-hydrogen) atoms. The molecule has 0 aliphatic carbocycles. The standard InChI is InChI=1S/C18H17FN6O5.C17H15FN6O6.C6H15N.C5H5N.CH4/c1-2-10-13(30-18(27)28)11(19)17(29-10)25-15-12(23-24-25)14(20-8-21-15)22-16(26)9-6-4-3-5-7-9;18-10-12(30-17(27)28)9(6-25)29-16(10)24-14-11(22-23-24)13(19-7-20-14)21-15(26)8-4-2-1-3-5-8;1-4-7(5-2)6-3;1-2-4-6-5-3-1;/h3-8,10-11,13,17H,2H2,1H3,(H,27,28)(H,20,21,22,26);1-5,7,9-10,12,16,25H,6H2,(H,27,28)(H,19,20,21,26);4-6H2,1-3H3;1-5H;1H4/t10-,11+,13-,17-;9-,10+,12-,16-;;;/m11.../s1. The maximum Gasteiger partial charge on any atom is 0.506 e. The number of hydrogen-bond donors (Lipinski definition) is 5.